The first-order chi connectivity index (χ1) is 17.1. The normalized spacial score (nSPS) is 19.6. The first-order valence-corrected chi connectivity index (χ1v) is 12.2. The largest absolute Gasteiger partial charge is 0.481 e. The van der Waals surface area contributed by atoms with Gasteiger partial charge in [0, 0.05) is 52.5 Å². The third-order valence-corrected chi connectivity index (χ3v) is 7.03. The Hall–Kier alpha value is -3.31. The average Bonchev–Trinajstić information content (AvgIpc) is 3.19. The Morgan fingerprint density at radius 1 is 1.31 bits per heavy atom. The summed E-state index contributed by atoms with van der Waals surface area (Å²) in [6, 6.07) is 3.27. The fourth-order valence-electron chi connectivity index (χ4n) is 4.89. The maximum atomic E-state index is 13.2. The highest BCUT2D eigenvalue weighted by Crippen LogP contribution is 2.40. The van der Waals surface area contributed by atoms with Crippen molar-refractivity contribution in [2.45, 2.75) is 64.0 Å². The molecule has 0 radical (unpaired) electrons. The molecule has 1 saturated carbocycles. The van der Waals surface area contributed by atoms with Gasteiger partial charge in [-0.05, 0) is 37.3 Å². The molecule has 1 aliphatic heterocycles. The first-order valence-electron chi connectivity index (χ1n) is 12.2. The highest BCUT2D eigenvalue weighted by atomic mass is 19.3. The number of rotatable bonds is 8. The van der Waals surface area contributed by atoms with Crippen LogP contribution in [-0.2, 0) is 29.6 Å². The lowest BCUT2D eigenvalue weighted by Gasteiger charge is -2.40. The molecule has 1 N–H and O–H groups in total. The van der Waals surface area contributed by atoms with Crippen molar-refractivity contribution in [3.8, 4) is 11.4 Å². The molecule has 0 unspecified atom stereocenters. The van der Waals surface area contributed by atoms with Crippen LogP contribution in [0.1, 0.15) is 50.4 Å². The quantitative estimate of drug-likeness (QED) is 0.579. The summed E-state index contributed by atoms with van der Waals surface area (Å²) in [6.07, 6.45) is 1.25. The van der Waals surface area contributed by atoms with Crippen molar-refractivity contribution in [3.05, 3.63) is 23.5 Å². The van der Waals surface area contributed by atoms with Gasteiger partial charge in [-0.2, -0.15) is 0 Å². The van der Waals surface area contributed by atoms with E-state index < -0.39 is 24.0 Å². The molecule has 2 fully saturated rings. The Balaban J connectivity index is 1.47. The molecule has 0 spiro atoms. The summed E-state index contributed by atoms with van der Waals surface area (Å²) >= 11 is 0. The number of hydrogen-bond acceptors (Lipinski definition) is 7. The van der Waals surface area contributed by atoms with Gasteiger partial charge in [0.1, 0.15) is 18.0 Å². The van der Waals surface area contributed by atoms with Gasteiger partial charge in [-0.25, -0.2) is 23.2 Å². The molecule has 0 aromatic carbocycles. The minimum absolute atomic E-state index is 0.103. The molecule has 0 bridgehead atoms. The number of aromatic nitrogens is 4. The number of carbonyl (C=O) groups is 2. The number of carboxylic acid groups (broad SMARTS) is 1. The zero-order valence-corrected chi connectivity index (χ0v) is 20.8. The molecular weight excluding hydrogens is 474 g/mol. The lowest BCUT2D eigenvalue weighted by Crippen LogP contribution is -2.51. The smallest absolute Gasteiger partial charge is 0.410 e. The lowest BCUT2D eigenvalue weighted by molar-refractivity contribution is -0.138. The van der Waals surface area contributed by atoms with Crippen LogP contribution in [0.2, 0.25) is 0 Å². The van der Waals surface area contributed by atoms with Crippen LogP contribution in [0.25, 0.3) is 11.4 Å². The minimum Gasteiger partial charge on any atom is -0.481 e. The highest BCUT2D eigenvalue weighted by molar-refractivity contribution is 5.69. The van der Waals surface area contributed by atoms with Gasteiger partial charge in [0.15, 0.2) is 0 Å². The molecule has 1 aliphatic carbocycles. The number of alkyl halides is 2. The van der Waals surface area contributed by atoms with Crippen LogP contribution in [0.4, 0.5) is 19.3 Å². The van der Waals surface area contributed by atoms with Gasteiger partial charge in [-0.15, -0.1) is 5.10 Å². The third kappa shape index (κ3) is 5.57. The highest BCUT2D eigenvalue weighted by Gasteiger charge is 2.48. The van der Waals surface area contributed by atoms with Gasteiger partial charge < -0.3 is 19.6 Å². The third-order valence-electron chi connectivity index (χ3n) is 7.03. The molecule has 2 aliphatic rings. The Kier molecular flexibility index (Phi) is 7.41. The first kappa shape index (κ1) is 25.8. The van der Waals surface area contributed by atoms with Crippen molar-refractivity contribution < 1.29 is 28.2 Å². The van der Waals surface area contributed by atoms with Crippen LogP contribution in [0.5, 0.6) is 0 Å². The lowest BCUT2D eigenvalue weighted by atomic mass is 9.87. The van der Waals surface area contributed by atoms with E-state index in [9.17, 15) is 23.5 Å². The van der Waals surface area contributed by atoms with E-state index in [4.69, 9.17) is 9.72 Å². The molecule has 10 nitrogen and oxygen atoms in total. The molecule has 1 atom stereocenters. The van der Waals surface area contributed by atoms with Gasteiger partial charge in [0.2, 0.25) is 0 Å². The Bertz CT molecular complexity index is 1120. The van der Waals surface area contributed by atoms with E-state index in [1.54, 1.807) is 7.05 Å². The predicted octanol–water partition coefficient (Wildman–Crippen LogP) is 3.50. The van der Waals surface area contributed by atoms with E-state index in [2.05, 4.69) is 15.2 Å². The fraction of sp³-hybridized carbons (Fsp3) is 0.625. The number of ether oxygens (including phenoxy) is 1. The average molecular weight is 507 g/mol. The number of anilines is 1. The van der Waals surface area contributed by atoms with Gasteiger partial charge in [0.05, 0.1) is 17.1 Å². The van der Waals surface area contributed by atoms with Crippen molar-refractivity contribution in [2.24, 2.45) is 13.0 Å². The van der Waals surface area contributed by atoms with E-state index in [-0.39, 0.29) is 31.8 Å². The zero-order valence-electron chi connectivity index (χ0n) is 20.8. The van der Waals surface area contributed by atoms with E-state index in [0.29, 0.717) is 30.0 Å². The Morgan fingerprint density at radius 2 is 2.06 bits per heavy atom. The molecule has 1 amide bonds. The van der Waals surface area contributed by atoms with E-state index >= 15 is 0 Å². The number of piperidine rings is 1. The predicted molar refractivity (Wildman–Crippen MR) is 127 cm³/mol. The number of hydrogen-bond donors (Lipinski definition) is 1. The maximum absolute atomic E-state index is 13.2. The van der Waals surface area contributed by atoms with Crippen LogP contribution in [-0.4, -0.2) is 74.1 Å². The van der Waals surface area contributed by atoms with Gasteiger partial charge in [0.25, 0.3) is 5.92 Å². The second-order valence-corrected chi connectivity index (χ2v) is 9.66. The number of nitrogens with zero attached hydrogens (tertiary/aromatic N) is 6. The molecule has 1 saturated heterocycles. The topological polar surface area (TPSA) is 114 Å². The number of carboxylic acids is 1. The molecule has 36 heavy (non-hydrogen) atoms. The van der Waals surface area contributed by atoms with Gasteiger partial charge in [-0.1, -0.05) is 12.1 Å². The van der Waals surface area contributed by atoms with Crippen LogP contribution >= 0.6 is 0 Å². The Labute approximate surface area is 208 Å². The summed E-state index contributed by atoms with van der Waals surface area (Å²) in [5, 5.41) is 17.5. The van der Waals surface area contributed by atoms with Crippen molar-refractivity contribution in [2.75, 3.05) is 25.0 Å². The molecule has 2 aromatic rings. The molecule has 196 valence electrons. The fourth-order valence-corrected chi connectivity index (χ4v) is 4.89. The molecule has 4 rings (SSSR count). The van der Waals surface area contributed by atoms with Gasteiger partial charge >= 0.3 is 12.1 Å². The molecule has 2 aromatic heterocycles. The van der Waals surface area contributed by atoms with Crippen molar-refractivity contribution >= 4 is 17.7 Å². The van der Waals surface area contributed by atoms with E-state index in [1.165, 1.54) is 16.6 Å². The van der Waals surface area contributed by atoms with Crippen LogP contribution < -0.4 is 4.90 Å². The van der Waals surface area contributed by atoms with Crippen molar-refractivity contribution in [1.29, 1.82) is 0 Å². The summed E-state index contributed by atoms with van der Waals surface area (Å²) in [7, 11) is 3.14. The second-order valence-electron chi connectivity index (χ2n) is 9.66. The van der Waals surface area contributed by atoms with Gasteiger partial charge in [-0.3, -0.25) is 4.79 Å². The van der Waals surface area contributed by atoms with Crippen molar-refractivity contribution in [1.82, 2.24) is 24.9 Å². The van der Waals surface area contributed by atoms with Crippen LogP contribution in [0.15, 0.2) is 12.1 Å². The number of pyridine rings is 1. The molecule has 3 heterocycles. The van der Waals surface area contributed by atoms with Crippen LogP contribution in [0, 0.1) is 5.92 Å². The zero-order chi connectivity index (χ0) is 26.0. The molecular formula is C24H32F2N6O4. The monoisotopic (exact) mass is 506 g/mol. The summed E-state index contributed by atoms with van der Waals surface area (Å²) in [4.78, 5) is 31.8. The summed E-state index contributed by atoms with van der Waals surface area (Å²) in [5.41, 5.74) is 3.44. The number of halogens is 2. The SMILES string of the molecule is CCc1nc(-c2nnn(C)c2COC(=O)N(C)C2CC(F)(F)C2)ccc1N1CCC[C@H](CC(=O)O)C1. The summed E-state index contributed by atoms with van der Waals surface area (Å²) < 4.78 is 33.2. The number of amides is 1. The molecule has 12 heteroatoms. The summed E-state index contributed by atoms with van der Waals surface area (Å²) in [5.74, 6) is -3.40. The second kappa shape index (κ2) is 10.4. The number of aryl methyl sites for hydroxylation is 2. The minimum atomic E-state index is -2.72. The Morgan fingerprint density at radius 3 is 2.72 bits per heavy atom. The maximum Gasteiger partial charge on any atom is 0.410 e. The number of aliphatic carboxylic acids is 1. The summed E-state index contributed by atoms with van der Waals surface area (Å²) in [6.45, 7) is 3.40. The van der Waals surface area contributed by atoms with Crippen molar-refractivity contribution in [3.63, 3.8) is 0 Å². The van der Waals surface area contributed by atoms with E-state index in [1.807, 2.05) is 19.1 Å². The number of carbonyl (C=O) groups excluding carboxylic acids is 1. The van der Waals surface area contributed by atoms with E-state index in [0.717, 1.165) is 30.8 Å². The standard InChI is InChI=1S/C24H32F2N6O4/c1-4-17-19(32-9-5-6-15(13-32)10-21(33)34)8-7-18(27-17)22-20(31(3)29-28-22)14-36-23(35)30(2)16-11-24(25,26)12-16/h7-8,15-16H,4-6,9-14H2,1-3H3,(H,33,34)/t15-/m1/s1. The van der Waals surface area contributed by atoms with Crippen LogP contribution in [0.3, 0.4) is 0 Å².